The fourth-order valence-corrected chi connectivity index (χ4v) is 2.72. The Bertz CT molecular complexity index is 558. The summed E-state index contributed by atoms with van der Waals surface area (Å²) < 4.78 is 0. The summed E-state index contributed by atoms with van der Waals surface area (Å²) in [5.41, 5.74) is 3.59. The maximum Gasteiger partial charge on any atom is 0.0429 e. The van der Waals surface area contributed by atoms with Gasteiger partial charge in [0.2, 0.25) is 0 Å². The third-order valence-electron chi connectivity index (χ3n) is 3.95. The monoisotopic (exact) mass is 257 g/mol. The third-order valence-corrected chi connectivity index (χ3v) is 3.95. The van der Waals surface area contributed by atoms with Crippen LogP contribution < -0.4 is 0 Å². The Labute approximate surface area is 120 Å². The van der Waals surface area contributed by atoms with Crippen molar-refractivity contribution in [2.75, 3.05) is 0 Å². The van der Waals surface area contributed by atoms with Crippen LogP contribution in [0.4, 0.5) is 0 Å². The summed E-state index contributed by atoms with van der Waals surface area (Å²) in [5.74, 6) is 0. The van der Waals surface area contributed by atoms with Crippen molar-refractivity contribution in [3.05, 3.63) is 108 Å². The van der Waals surface area contributed by atoms with Crippen LogP contribution in [0.5, 0.6) is 0 Å². The standard InChI is InChI=1S/C20H17/c1-20(17-11-5-2-6-12-17,18-13-7-3-8-14-18)19-15-9-4-10-16-19/h2-15H,1H3. The highest BCUT2D eigenvalue weighted by molar-refractivity contribution is 5.48. The fraction of sp³-hybridized carbons (Fsp3) is 0.100. The maximum atomic E-state index is 3.41. The van der Waals surface area contributed by atoms with E-state index in [-0.39, 0.29) is 5.41 Å². The van der Waals surface area contributed by atoms with Crippen LogP contribution in [0.2, 0.25) is 0 Å². The summed E-state index contributed by atoms with van der Waals surface area (Å²) >= 11 is 0. The molecule has 0 nitrogen and oxygen atoms in total. The number of rotatable bonds is 3. The summed E-state index contributed by atoms with van der Waals surface area (Å²) in [6, 6.07) is 32.9. The van der Waals surface area contributed by atoms with Crippen molar-refractivity contribution in [2.45, 2.75) is 12.3 Å². The summed E-state index contributed by atoms with van der Waals surface area (Å²) in [6.07, 6.45) is 0. The molecule has 0 atom stereocenters. The molecule has 3 aromatic rings. The van der Waals surface area contributed by atoms with Crippen LogP contribution in [0.15, 0.2) is 84.9 Å². The highest BCUT2D eigenvalue weighted by atomic mass is 14.3. The van der Waals surface area contributed by atoms with Crippen molar-refractivity contribution < 1.29 is 0 Å². The van der Waals surface area contributed by atoms with Gasteiger partial charge in [0.1, 0.15) is 0 Å². The molecule has 0 saturated heterocycles. The van der Waals surface area contributed by atoms with E-state index in [1.807, 2.05) is 12.1 Å². The van der Waals surface area contributed by atoms with Gasteiger partial charge in [0.15, 0.2) is 0 Å². The van der Waals surface area contributed by atoms with E-state index in [0.717, 1.165) is 0 Å². The second-order valence-electron chi connectivity index (χ2n) is 5.13. The van der Waals surface area contributed by atoms with Crippen LogP contribution in [0.1, 0.15) is 23.6 Å². The Morgan fingerprint density at radius 2 is 1.15 bits per heavy atom. The molecule has 0 aliphatic carbocycles. The van der Waals surface area contributed by atoms with E-state index in [4.69, 9.17) is 0 Å². The first-order valence-electron chi connectivity index (χ1n) is 6.90. The molecular formula is C20H17. The largest absolute Gasteiger partial charge is 0.0622 e. The molecule has 0 spiro atoms. The van der Waals surface area contributed by atoms with Crippen LogP contribution in [0.3, 0.4) is 0 Å². The number of hydrogen-bond donors (Lipinski definition) is 0. The third kappa shape index (κ3) is 2.14. The minimum atomic E-state index is -0.177. The van der Waals surface area contributed by atoms with Crippen molar-refractivity contribution in [2.24, 2.45) is 0 Å². The highest BCUT2D eigenvalue weighted by Crippen LogP contribution is 2.38. The molecular weight excluding hydrogens is 240 g/mol. The Kier molecular flexibility index (Phi) is 3.39. The van der Waals surface area contributed by atoms with Gasteiger partial charge < -0.3 is 0 Å². The van der Waals surface area contributed by atoms with Crippen LogP contribution in [-0.4, -0.2) is 0 Å². The second kappa shape index (κ2) is 5.34. The SMILES string of the molecule is CC(c1[c]cccc1)(c1ccccc1)c1ccccc1. The van der Waals surface area contributed by atoms with Gasteiger partial charge in [-0.15, -0.1) is 0 Å². The van der Waals surface area contributed by atoms with Crippen LogP contribution in [0.25, 0.3) is 0 Å². The van der Waals surface area contributed by atoms with Crippen LogP contribution in [0, 0.1) is 6.07 Å². The molecule has 0 aliphatic heterocycles. The molecule has 0 fully saturated rings. The Morgan fingerprint density at radius 3 is 1.60 bits per heavy atom. The van der Waals surface area contributed by atoms with Gasteiger partial charge in [-0.05, 0) is 29.7 Å². The zero-order valence-electron chi connectivity index (χ0n) is 11.6. The van der Waals surface area contributed by atoms with E-state index >= 15 is 0 Å². The van der Waals surface area contributed by atoms with Gasteiger partial charge in [0.25, 0.3) is 0 Å². The Morgan fingerprint density at radius 1 is 0.650 bits per heavy atom. The average molecular weight is 257 g/mol. The van der Waals surface area contributed by atoms with Crippen LogP contribution in [-0.2, 0) is 5.41 Å². The molecule has 0 aromatic heterocycles. The molecule has 0 amide bonds. The van der Waals surface area contributed by atoms with Gasteiger partial charge >= 0.3 is 0 Å². The quantitative estimate of drug-likeness (QED) is 0.589. The zero-order valence-corrected chi connectivity index (χ0v) is 11.6. The fourth-order valence-electron chi connectivity index (χ4n) is 2.72. The van der Waals surface area contributed by atoms with Gasteiger partial charge in [-0.3, -0.25) is 0 Å². The lowest BCUT2D eigenvalue weighted by molar-refractivity contribution is 0.691. The average Bonchev–Trinajstić information content (AvgIpc) is 2.56. The molecule has 0 N–H and O–H groups in total. The van der Waals surface area contributed by atoms with E-state index < -0.39 is 0 Å². The van der Waals surface area contributed by atoms with E-state index in [1.54, 1.807) is 0 Å². The van der Waals surface area contributed by atoms with Crippen LogP contribution >= 0.6 is 0 Å². The lowest BCUT2D eigenvalue weighted by Gasteiger charge is -2.31. The Hall–Kier alpha value is -2.34. The highest BCUT2D eigenvalue weighted by Gasteiger charge is 2.30. The minimum absolute atomic E-state index is 0.177. The number of benzene rings is 3. The normalized spacial score (nSPS) is 11.2. The topological polar surface area (TPSA) is 0 Å². The molecule has 0 saturated carbocycles. The van der Waals surface area contributed by atoms with Gasteiger partial charge in [-0.2, -0.15) is 0 Å². The molecule has 0 aliphatic rings. The van der Waals surface area contributed by atoms with Crippen molar-refractivity contribution in [3.8, 4) is 0 Å². The maximum absolute atomic E-state index is 3.41. The van der Waals surface area contributed by atoms with Crippen molar-refractivity contribution in [3.63, 3.8) is 0 Å². The summed E-state index contributed by atoms with van der Waals surface area (Å²) in [6.45, 7) is 2.27. The molecule has 0 heteroatoms. The molecule has 0 heterocycles. The van der Waals surface area contributed by atoms with E-state index in [1.165, 1.54) is 16.7 Å². The molecule has 3 rings (SSSR count). The van der Waals surface area contributed by atoms with Crippen molar-refractivity contribution in [1.29, 1.82) is 0 Å². The first-order valence-corrected chi connectivity index (χ1v) is 6.90. The second-order valence-corrected chi connectivity index (χ2v) is 5.13. The summed E-state index contributed by atoms with van der Waals surface area (Å²) in [4.78, 5) is 0. The zero-order chi connectivity index (χ0) is 13.8. The molecule has 97 valence electrons. The van der Waals surface area contributed by atoms with Gasteiger partial charge in [0, 0.05) is 5.41 Å². The van der Waals surface area contributed by atoms with Gasteiger partial charge in [-0.1, -0.05) is 84.9 Å². The first-order chi connectivity index (χ1) is 9.82. The van der Waals surface area contributed by atoms with Crippen molar-refractivity contribution >= 4 is 0 Å². The predicted octanol–water partition coefficient (Wildman–Crippen LogP) is 4.84. The van der Waals surface area contributed by atoms with Gasteiger partial charge in [0.05, 0.1) is 0 Å². The van der Waals surface area contributed by atoms with Crippen molar-refractivity contribution in [1.82, 2.24) is 0 Å². The molecule has 0 bridgehead atoms. The smallest absolute Gasteiger partial charge is 0.0429 e. The summed E-state index contributed by atoms with van der Waals surface area (Å²) in [5, 5.41) is 0. The molecule has 20 heavy (non-hydrogen) atoms. The predicted molar refractivity (Wildman–Crippen MR) is 83.7 cm³/mol. The lowest BCUT2D eigenvalue weighted by atomic mass is 9.71. The molecule has 1 radical (unpaired) electrons. The van der Waals surface area contributed by atoms with E-state index in [2.05, 4.69) is 85.8 Å². The number of hydrogen-bond acceptors (Lipinski definition) is 0. The van der Waals surface area contributed by atoms with Gasteiger partial charge in [-0.25, -0.2) is 0 Å². The molecule has 3 aromatic carbocycles. The Balaban J connectivity index is 2.24. The first kappa shape index (κ1) is 12.7. The summed E-state index contributed by atoms with van der Waals surface area (Å²) in [7, 11) is 0. The van der Waals surface area contributed by atoms with E-state index in [9.17, 15) is 0 Å². The molecule has 0 unspecified atom stereocenters. The van der Waals surface area contributed by atoms with E-state index in [0.29, 0.717) is 0 Å². The minimum Gasteiger partial charge on any atom is -0.0622 e. The lowest BCUT2D eigenvalue weighted by Crippen LogP contribution is -2.25.